The van der Waals surface area contributed by atoms with Gasteiger partial charge in [-0.25, -0.2) is 0 Å². The van der Waals surface area contributed by atoms with Crippen molar-refractivity contribution in [3.05, 3.63) is 62.7 Å². The molecule has 0 fully saturated rings. The third-order valence-corrected chi connectivity index (χ3v) is 4.63. The molecule has 6 heteroatoms. The van der Waals surface area contributed by atoms with Crippen LogP contribution in [0.2, 0.25) is 0 Å². The zero-order valence-electron chi connectivity index (χ0n) is 16.3. The van der Waals surface area contributed by atoms with Gasteiger partial charge in [0.1, 0.15) is 23.2 Å². The van der Waals surface area contributed by atoms with Gasteiger partial charge in [-0.15, -0.1) is 0 Å². The zero-order valence-corrected chi connectivity index (χ0v) is 14.9. The van der Waals surface area contributed by atoms with Gasteiger partial charge in [-0.3, -0.25) is 4.79 Å². The van der Waals surface area contributed by atoms with Gasteiger partial charge in [0.2, 0.25) is 0 Å². The van der Waals surface area contributed by atoms with E-state index in [9.17, 15) is 20.3 Å². The Morgan fingerprint density at radius 2 is 2.16 bits per heavy atom. The van der Waals surface area contributed by atoms with Gasteiger partial charge in [0.05, 0.1) is 21.3 Å². The lowest BCUT2D eigenvalue weighted by Crippen LogP contribution is -2.06. The number of nitriles is 1. The first-order chi connectivity index (χ1) is 13.1. The Labute approximate surface area is 156 Å². The summed E-state index contributed by atoms with van der Waals surface area (Å²) in [6.45, 7) is 3.07. The summed E-state index contributed by atoms with van der Waals surface area (Å²) < 4.78 is 29.9. The zero-order chi connectivity index (χ0) is 20.9. The average Bonchev–Trinajstić information content (AvgIpc) is 3.07. The number of carbonyl (C=O) groups excluding carboxylic acids is 1. The Morgan fingerprint density at radius 1 is 1.44 bits per heavy atom. The van der Waals surface area contributed by atoms with E-state index in [4.69, 9.17) is 8.53 Å². The molecule has 2 aromatic carbocycles. The maximum absolute atomic E-state index is 13.3. The van der Waals surface area contributed by atoms with E-state index in [0.29, 0.717) is 10.0 Å². The lowest BCUT2D eigenvalue weighted by Gasteiger charge is -2.08. The van der Waals surface area contributed by atoms with Crippen LogP contribution >= 0.6 is 15.9 Å². The summed E-state index contributed by atoms with van der Waals surface area (Å²) in [6.07, 6.45) is -1.24. The van der Waals surface area contributed by atoms with Crippen LogP contribution in [0.4, 0.5) is 0 Å². The fourth-order valence-corrected chi connectivity index (χ4v) is 2.97. The van der Waals surface area contributed by atoms with Crippen molar-refractivity contribution in [2.45, 2.75) is 20.0 Å². The molecule has 3 aromatic rings. The number of carbonyl (C=O) groups is 1. The number of fused-ring (bicyclic) bond motifs is 1. The van der Waals surface area contributed by atoms with Crippen LogP contribution in [-0.4, -0.2) is 16.0 Å². The number of ketones is 1. The number of aromatic hydroxyl groups is 1. The van der Waals surface area contributed by atoms with Crippen LogP contribution in [0.3, 0.4) is 0 Å². The van der Waals surface area contributed by atoms with E-state index in [1.54, 1.807) is 6.92 Å². The SMILES string of the molecule is [2H]c1c(O)c([2H])c2oc(C(C)O)c(C(=O)c3cc(Br)c(C)c(C#N)c3)c2c1[2H]. The second-order valence-electron chi connectivity index (χ2n) is 5.52. The molecule has 0 aliphatic heterocycles. The predicted molar refractivity (Wildman–Crippen MR) is 95.5 cm³/mol. The highest BCUT2D eigenvalue weighted by Crippen LogP contribution is 2.34. The molecular weight excluding hydrogens is 386 g/mol. The Balaban J connectivity index is 2.40. The van der Waals surface area contributed by atoms with Crippen molar-refractivity contribution in [1.82, 2.24) is 0 Å². The summed E-state index contributed by atoms with van der Waals surface area (Å²) in [5, 5.41) is 29.1. The van der Waals surface area contributed by atoms with Crippen molar-refractivity contribution < 1.29 is 23.5 Å². The summed E-state index contributed by atoms with van der Waals surface area (Å²) in [4.78, 5) is 13.3. The molecule has 1 aromatic heterocycles. The molecule has 0 aliphatic rings. The third kappa shape index (κ3) is 2.93. The Bertz CT molecular complexity index is 1190. The van der Waals surface area contributed by atoms with E-state index in [-0.39, 0.29) is 33.4 Å². The van der Waals surface area contributed by atoms with Crippen molar-refractivity contribution in [2.75, 3.05) is 0 Å². The molecule has 2 N–H and O–H groups in total. The number of phenolic OH excluding ortho intramolecular Hbond substituents is 1. The van der Waals surface area contributed by atoms with Gasteiger partial charge >= 0.3 is 0 Å². The number of rotatable bonds is 3. The van der Waals surface area contributed by atoms with Gasteiger partial charge in [-0.05, 0) is 43.6 Å². The fraction of sp³-hybridized carbons (Fsp3) is 0.158. The fourth-order valence-electron chi connectivity index (χ4n) is 2.51. The molecule has 0 radical (unpaired) electrons. The largest absolute Gasteiger partial charge is 0.508 e. The number of furan rings is 1. The van der Waals surface area contributed by atoms with Gasteiger partial charge in [0, 0.05) is 21.5 Å². The number of aliphatic hydroxyl groups is 1. The highest BCUT2D eigenvalue weighted by molar-refractivity contribution is 9.10. The second-order valence-corrected chi connectivity index (χ2v) is 6.37. The number of halogens is 1. The maximum atomic E-state index is 13.3. The normalized spacial score (nSPS) is 13.8. The molecule has 0 saturated carbocycles. The topological polar surface area (TPSA) is 94.5 Å². The van der Waals surface area contributed by atoms with E-state index in [0.717, 1.165) is 0 Å². The summed E-state index contributed by atoms with van der Waals surface area (Å²) in [7, 11) is 0. The molecule has 126 valence electrons. The minimum atomic E-state index is -1.24. The second kappa shape index (κ2) is 6.36. The van der Waals surface area contributed by atoms with Crippen LogP contribution in [0.1, 0.15) is 49.9 Å². The average molecular weight is 403 g/mol. The quantitative estimate of drug-likeness (QED) is 0.634. The van der Waals surface area contributed by atoms with Gasteiger partial charge in [0.25, 0.3) is 0 Å². The van der Waals surface area contributed by atoms with Crippen LogP contribution in [0.5, 0.6) is 5.75 Å². The van der Waals surface area contributed by atoms with Crippen molar-refractivity contribution in [1.29, 1.82) is 5.26 Å². The minimum Gasteiger partial charge on any atom is -0.508 e. The molecule has 3 rings (SSSR count). The number of benzene rings is 2. The Morgan fingerprint density at radius 3 is 2.80 bits per heavy atom. The number of hydrogen-bond donors (Lipinski definition) is 2. The molecule has 0 spiro atoms. The van der Waals surface area contributed by atoms with Crippen LogP contribution in [0.15, 0.2) is 39.1 Å². The predicted octanol–water partition coefficient (Wildman–Crippen LogP) is 4.37. The summed E-state index contributed by atoms with van der Waals surface area (Å²) in [6, 6.07) is 3.25. The van der Waals surface area contributed by atoms with Crippen LogP contribution in [-0.2, 0) is 0 Å². The van der Waals surface area contributed by atoms with Crippen LogP contribution in [0.25, 0.3) is 11.0 Å². The molecule has 1 unspecified atom stereocenters. The highest BCUT2D eigenvalue weighted by Gasteiger charge is 2.25. The molecule has 0 bridgehead atoms. The van der Waals surface area contributed by atoms with E-state index in [1.807, 2.05) is 6.07 Å². The molecule has 0 amide bonds. The lowest BCUT2D eigenvalue weighted by molar-refractivity contribution is 0.102. The standard InChI is InChI=1S/C19H14BrNO4/c1-9-12(8-21)5-11(6-15(9)20)18(24)17-14-4-3-13(23)7-16(14)25-19(17)10(2)22/h3-7,10,22-23H,1-2H3/i3D,4D,7D. The van der Waals surface area contributed by atoms with Gasteiger partial charge < -0.3 is 14.6 Å². The van der Waals surface area contributed by atoms with Gasteiger partial charge in [0.15, 0.2) is 5.78 Å². The summed E-state index contributed by atoms with van der Waals surface area (Å²) in [5.41, 5.74) is 0.611. The maximum Gasteiger partial charge on any atom is 0.197 e. The lowest BCUT2D eigenvalue weighted by atomic mass is 9.96. The number of aliphatic hydroxyl groups excluding tert-OH is 1. The first-order valence-corrected chi connectivity index (χ1v) is 8.07. The number of phenols is 1. The molecule has 5 nitrogen and oxygen atoms in total. The molecule has 1 atom stereocenters. The molecule has 0 saturated heterocycles. The number of nitrogens with zero attached hydrogens (tertiary/aromatic N) is 1. The van der Waals surface area contributed by atoms with Gasteiger partial charge in [-0.1, -0.05) is 15.9 Å². The molecular formula is C19H14BrNO4. The van der Waals surface area contributed by atoms with Gasteiger partial charge in [-0.2, -0.15) is 5.26 Å². The van der Waals surface area contributed by atoms with Crippen LogP contribution < -0.4 is 0 Å². The van der Waals surface area contributed by atoms with E-state index in [2.05, 4.69) is 15.9 Å². The van der Waals surface area contributed by atoms with E-state index >= 15 is 0 Å². The number of hydrogen-bond acceptors (Lipinski definition) is 5. The van der Waals surface area contributed by atoms with Crippen molar-refractivity contribution in [2.24, 2.45) is 0 Å². The monoisotopic (exact) mass is 402 g/mol. The minimum absolute atomic E-state index is 0.115. The van der Waals surface area contributed by atoms with Crippen LogP contribution in [0, 0.1) is 18.3 Å². The van der Waals surface area contributed by atoms with Crippen molar-refractivity contribution in [3.63, 3.8) is 0 Å². The van der Waals surface area contributed by atoms with Crippen molar-refractivity contribution in [3.8, 4) is 11.8 Å². The molecule has 0 aliphatic carbocycles. The summed E-state index contributed by atoms with van der Waals surface area (Å²) >= 11 is 3.31. The molecule has 1 heterocycles. The highest BCUT2D eigenvalue weighted by atomic mass is 79.9. The van der Waals surface area contributed by atoms with Crippen molar-refractivity contribution >= 4 is 32.7 Å². The van der Waals surface area contributed by atoms with E-state index in [1.165, 1.54) is 19.1 Å². The first kappa shape index (κ1) is 13.6. The van der Waals surface area contributed by atoms with E-state index < -0.39 is 35.8 Å². The first-order valence-electron chi connectivity index (χ1n) is 8.78. The summed E-state index contributed by atoms with van der Waals surface area (Å²) in [5.74, 6) is -1.56. The Hall–Kier alpha value is -2.62. The Kier molecular flexibility index (Phi) is 3.47. The third-order valence-electron chi connectivity index (χ3n) is 3.81. The molecule has 25 heavy (non-hydrogen) atoms. The smallest absolute Gasteiger partial charge is 0.197 e.